The van der Waals surface area contributed by atoms with Crippen molar-refractivity contribution in [3.63, 3.8) is 0 Å². The van der Waals surface area contributed by atoms with Gasteiger partial charge in [0, 0.05) is 22.1 Å². The predicted octanol–water partition coefficient (Wildman–Crippen LogP) is 11.2. The minimum Gasteiger partial charge on any atom is -0.208 e. The third-order valence-corrected chi connectivity index (χ3v) is 9.73. The Labute approximate surface area is 274 Å². The molecule has 8 aromatic rings. The zero-order valence-electron chi connectivity index (χ0n) is 26.3. The van der Waals surface area contributed by atoms with Crippen LogP contribution in [-0.4, -0.2) is 15.0 Å². The summed E-state index contributed by atoms with van der Waals surface area (Å²) >= 11 is 0. The number of aromatic nitrogens is 3. The highest BCUT2D eigenvalue weighted by Gasteiger charge is 2.37. The van der Waals surface area contributed by atoms with Crippen LogP contribution < -0.4 is 0 Å². The van der Waals surface area contributed by atoms with Crippen LogP contribution in [0.1, 0.15) is 25.0 Å². The van der Waals surface area contributed by atoms with E-state index in [9.17, 15) is 0 Å². The lowest BCUT2D eigenvalue weighted by molar-refractivity contribution is 0.661. The van der Waals surface area contributed by atoms with Crippen molar-refractivity contribution in [3.8, 4) is 56.4 Å². The summed E-state index contributed by atoms with van der Waals surface area (Å²) in [7, 11) is 0. The molecule has 1 heterocycles. The van der Waals surface area contributed by atoms with Crippen LogP contribution in [0.4, 0.5) is 0 Å². The summed E-state index contributed by atoms with van der Waals surface area (Å²) < 4.78 is 0. The molecule has 0 saturated heterocycles. The fourth-order valence-electron chi connectivity index (χ4n) is 7.43. The van der Waals surface area contributed by atoms with Gasteiger partial charge in [-0.3, -0.25) is 0 Å². The van der Waals surface area contributed by atoms with Gasteiger partial charge in [-0.1, -0.05) is 153 Å². The normalized spacial score (nSPS) is 13.1. The van der Waals surface area contributed by atoms with E-state index >= 15 is 0 Å². The molecule has 0 radical (unpaired) electrons. The summed E-state index contributed by atoms with van der Waals surface area (Å²) in [5.41, 5.74) is 10.7. The second-order valence-corrected chi connectivity index (χ2v) is 12.8. The molecule has 0 unspecified atom stereocenters. The molecule has 1 aliphatic carbocycles. The smallest absolute Gasteiger partial charge is 0.164 e. The van der Waals surface area contributed by atoms with Crippen LogP contribution in [0.2, 0.25) is 0 Å². The van der Waals surface area contributed by atoms with Gasteiger partial charge in [-0.15, -0.1) is 0 Å². The minimum atomic E-state index is -0.104. The third kappa shape index (κ3) is 4.31. The van der Waals surface area contributed by atoms with Gasteiger partial charge in [0.05, 0.1) is 0 Å². The van der Waals surface area contributed by atoms with Crippen molar-refractivity contribution in [2.24, 2.45) is 0 Å². The first kappa shape index (κ1) is 27.4. The van der Waals surface area contributed by atoms with Gasteiger partial charge in [0.2, 0.25) is 0 Å². The van der Waals surface area contributed by atoms with E-state index in [0.717, 1.165) is 22.1 Å². The lowest BCUT2D eigenvalue weighted by Gasteiger charge is -2.23. The van der Waals surface area contributed by atoms with Gasteiger partial charge in [-0.2, -0.15) is 0 Å². The van der Waals surface area contributed by atoms with E-state index in [4.69, 9.17) is 15.0 Å². The molecule has 7 aromatic carbocycles. The van der Waals surface area contributed by atoms with E-state index < -0.39 is 0 Å². The molecule has 3 heteroatoms. The van der Waals surface area contributed by atoms with Gasteiger partial charge in [0.15, 0.2) is 17.5 Å². The van der Waals surface area contributed by atoms with Crippen molar-refractivity contribution >= 4 is 21.5 Å². The highest BCUT2D eigenvalue weighted by Crippen LogP contribution is 2.55. The molecule has 0 bridgehead atoms. The lowest BCUT2D eigenvalue weighted by atomic mass is 9.80. The van der Waals surface area contributed by atoms with Crippen molar-refractivity contribution in [2.45, 2.75) is 19.3 Å². The first-order chi connectivity index (χ1) is 23.1. The van der Waals surface area contributed by atoms with Crippen molar-refractivity contribution in [3.05, 3.63) is 163 Å². The van der Waals surface area contributed by atoms with E-state index in [1.807, 2.05) is 36.4 Å². The summed E-state index contributed by atoms with van der Waals surface area (Å²) in [6, 6.07) is 53.6. The summed E-state index contributed by atoms with van der Waals surface area (Å²) in [5.74, 6) is 1.98. The topological polar surface area (TPSA) is 38.7 Å². The number of hydrogen-bond acceptors (Lipinski definition) is 3. The first-order valence-corrected chi connectivity index (χ1v) is 16.1. The highest BCUT2D eigenvalue weighted by molar-refractivity contribution is 6.15. The molecular formula is C44H31N3. The van der Waals surface area contributed by atoms with Gasteiger partial charge >= 0.3 is 0 Å². The van der Waals surface area contributed by atoms with E-state index in [-0.39, 0.29) is 5.41 Å². The Kier molecular flexibility index (Phi) is 6.16. The van der Waals surface area contributed by atoms with Gasteiger partial charge in [0.1, 0.15) is 0 Å². The van der Waals surface area contributed by atoms with Crippen LogP contribution in [-0.2, 0) is 5.41 Å². The molecule has 0 N–H and O–H groups in total. The van der Waals surface area contributed by atoms with E-state index in [2.05, 4.69) is 129 Å². The van der Waals surface area contributed by atoms with Crippen molar-refractivity contribution in [2.75, 3.05) is 0 Å². The van der Waals surface area contributed by atoms with Crippen molar-refractivity contribution in [1.82, 2.24) is 15.0 Å². The Morgan fingerprint density at radius 2 is 0.894 bits per heavy atom. The van der Waals surface area contributed by atoms with Crippen LogP contribution in [0, 0.1) is 0 Å². The SMILES string of the molecule is CC1(C)c2ccccc2-c2c1cc1ccccc1c2-c1ccc(-c2nc(-c3ccccc3)nc(-c3ccccc3)n2)c2ccccc12. The second kappa shape index (κ2) is 10.6. The Morgan fingerprint density at radius 3 is 1.57 bits per heavy atom. The highest BCUT2D eigenvalue weighted by atomic mass is 15.0. The lowest BCUT2D eigenvalue weighted by Crippen LogP contribution is -2.14. The summed E-state index contributed by atoms with van der Waals surface area (Å²) in [4.78, 5) is 15.1. The van der Waals surface area contributed by atoms with E-state index in [1.165, 1.54) is 49.5 Å². The van der Waals surface area contributed by atoms with E-state index in [1.54, 1.807) is 0 Å². The maximum Gasteiger partial charge on any atom is 0.164 e. The monoisotopic (exact) mass is 601 g/mol. The van der Waals surface area contributed by atoms with Crippen LogP contribution in [0.25, 0.3) is 78.0 Å². The van der Waals surface area contributed by atoms with Crippen LogP contribution in [0.15, 0.2) is 152 Å². The molecule has 1 aromatic heterocycles. The zero-order valence-corrected chi connectivity index (χ0v) is 26.3. The molecule has 47 heavy (non-hydrogen) atoms. The summed E-state index contributed by atoms with van der Waals surface area (Å²) in [6.07, 6.45) is 0. The summed E-state index contributed by atoms with van der Waals surface area (Å²) in [6.45, 7) is 4.71. The molecule has 0 fully saturated rings. The zero-order chi connectivity index (χ0) is 31.5. The molecule has 0 saturated carbocycles. The molecule has 222 valence electrons. The maximum atomic E-state index is 5.09. The van der Waals surface area contributed by atoms with Gasteiger partial charge in [-0.25, -0.2) is 15.0 Å². The number of rotatable bonds is 4. The number of nitrogens with zero attached hydrogens (tertiary/aromatic N) is 3. The van der Waals surface area contributed by atoms with E-state index in [0.29, 0.717) is 17.5 Å². The molecular weight excluding hydrogens is 571 g/mol. The number of fused-ring (bicyclic) bond motifs is 5. The fourth-order valence-corrected chi connectivity index (χ4v) is 7.43. The molecule has 9 rings (SSSR count). The van der Waals surface area contributed by atoms with Crippen molar-refractivity contribution in [1.29, 1.82) is 0 Å². The second-order valence-electron chi connectivity index (χ2n) is 12.8. The first-order valence-electron chi connectivity index (χ1n) is 16.1. The Morgan fingerprint density at radius 1 is 0.383 bits per heavy atom. The molecule has 0 aliphatic heterocycles. The van der Waals surface area contributed by atoms with Gasteiger partial charge < -0.3 is 0 Å². The maximum absolute atomic E-state index is 5.09. The van der Waals surface area contributed by atoms with Crippen LogP contribution in [0.5, 0.6) is 0 Å². The molecule has 3 nitrogen and oxygen atoms in total. The molecule has 0 amide bonds. The molecule has 0 spiro atoms. The standard InChI is InChI=1S/C44H31N3/c1-44(2)37-24-14-13-23-36(37)40-38(44)27-30-19-9-10-20-31(30)39(40)34-25-26-35(33-22-12-11-21-32(33)34)43-46-41(28-15-5-3-6-16-28)45-42(47-43)29-17-7-4-8-18-29/h3-27H,1-2H3. The van der Waals surface area contributed by atoms with Crippen molar-refractivity contribution < 1.29 is 0 Å². The van der Waals surface area contributed by atoms with Crippen LogP contribution >= 0.6 is 0 Å². The Bertz CT molecular complexity index is 2420. The quantitative estimate of drug-likeness (QED) is 0.201. The predicted molar refractivity (Wildman–Crippen MR) is 194 cm³/mol. The van der Waals surface area contributed by atoms with Gasteiger partial charge in [0.25, 0.3) is 0 Å². The number of hydrogen-bond donors (Lipinski definition) is 0. The average Bonchev–Trinajstić information content (AvgIpc) is 3.36. The Hall–Kier alpha value is -5.93. The third-order valence-electron chi connectivity index (χ3n) is 9.73. The largest absolute Gasteiger partial charge is 0.208 e. The number of benzene rings is 7. The molecule has 1 aliphatic rings. The fraction of sp³-hybridized carbons (Fsp3) is 0.0682. The summed E-state index contributed by atoms with van der Waals surface area (Å²) in [5, 5.41) is 4.80. The average molecular weight is 602 g/mol. The van der Waals surface area contributed by atoms with Crippen LogP contribution in [0.3, 0.4) is 0 Å². The van der Waals surface area contributed by atoms with Gasteiger partial charge in [-0.05, 0) is 67.1 Å². The molecule has 0 atom stereocenters. The minimum absolute atomic E-state index is 0.104. The Balaban J connectivity index is 1.33.